The molecule has 92 valence electrons. The van der Waals surface area contributed by atoms with Crippen LogP contribution in [-0.4, -0.2) is 17.2 Å². The fourth-order valence-corrected chi connectivity index (χ4v) is 1.00. The molecule has 0 aliphatic heterocycles. The lowest BCUT2D eigenvalue weighted by molar-refractivity contribution is -0.292. The number of furan rings is 1. The first-order valence-corrected chi connectivity index (χ1v) is 4.09. The molecule has 1 atom stereocenters. The molecular formula is C8H8F5NO2. The first-order chi connectivity index (χ1) is 7.20. The van der Waals surface area contributed by atoms with Gasteiger partial charge < -0.3 is 15.3 Å². The molecule has 1 aromatic rings. The fourth-order valence-electron chi connectivity index (χ4n) is 1.00. The number of nitrogens with two attached hydrogens (primary N) is 1. The third-order valence-corrected chi connectivity index (χ3v) is 1.91. The van der Waals surface area contributed by atoms with Gasteiger partial charge in [0.15, 0.2) is 0 Å². The highest BCUT2D eigenvalue weighted by Crippen LogP contribution is 2.43. The van der Waals surface area contributed by atoms with E-state index in [4.69, 9.17) is 10.8 Å². The highest BCUT2D eigenvalue weighted by molar-refractivity contribution is 5.13. The number of rotatable bonds is 3. The molecule has 0 fully saturated rings. The molecule has 0 amide bonds. The van der Waals surface area contributed by atoms with Crippen LogP contribution in [0.25, 0.3) is 0 Å². The van der Waals surface area contributed by atoms with Crippen LogP contribution in [0.5, 0.6) is 0 Å². The molecule has 0 radical (unpaired) electrons. The van der Waals surface area contributed by atoms with Gasteiger partial charge in [-0.05, 0) is 12.1 Å². The Hall–Kier alpha value is -1.15. The quantitative estimate of drug-likeness (QED) is 0.800. The van der Waals surface area contributed by atoms with E-state index < -0.39 is 30.5 Å². The molecule has 0 aliphatic carbocycles. The van der Waals surface area contributed by atoms with Crippen molar-refractivity contribution in [2.75, 3.05) is 0 Å². The summed E-state index contributed by atoms with van der Waals surface area (Å²) in [5.74, 6) is -5.95. The number of hydrogen-bond acceptors (Lipinski definition) is 3. The molecule has 0 saturated heterocycles. The zero-order valence-corrected chi connectivity index (χ0v) is 7.76. The molecule has 0 aromatic carbocycles. The van der Waals surface area contributed by atoms with E-state index in [1.165, 1.54) is 0 Å². The first-order valence-electron chi connectivity index (χ1n) is 4.09. The topological polar surface area (TPSA) is 59.4 Å². The minimum atomic E-state index is -5.75. The maximum Gasteiger partial charge on any atom is 0.455 e. The molecule has 0 spiro atoms. The second-order valence-corrected chi connectivity index (χ2v) is 3.06. The second kappa shape index (κ2) is 4.02. The molecule has 1 heterocycles. The van der Waals surface area contributed by atoms with E-state index in [1.54, 1.807) is 0 Å². The van der Waals surface area contributed by atoms with Crippen LogP contribution in [0.2, 0.25) is 0 Å². The Morgan fingerprint density at radius 2 is 1.81 bits per heavy atom. The van der Waals surface area contributed by atoms with Crippen molar-refractivity contribution in [2.45, 2.75) is 24.7 Å². The SMILES string of the molecule is N[C@@H](c1ccc(CO)o1)C(F)(F)C(F)(F)F. The highest BCUT2D eigenvalue weighted by Gasteiger charge is 2.62. The summed E-state index contributed by atoms with van der Waals surface area (Å²) in [6.45, 7) is -0.607. The van der Waals surface area contributed by atoms with Gasteiger partial charge >= 0.3 is 12.1 Å². The van der Waals surface area contributed by atoms with E-state index in [-0.39, 0.29) is 5.76 Å². The van der Waals surface area contributed by atoms with Crippen molar-refractivity contribution in [2.24, 2.45) is 5.73 Å². The van der Waals surface area contributed by atoms with Crippen molar-refractivity contribution < 1.29 is 31.5 Å². The Morgan fingerprint density at radius 1 is 1.25 bits per heavy atom. The van der Waals surface area contributed by atoms with Crippen molar-refractivity contribution in [3.05, 3.63) is 23.7 Å². The minimum Gasteiger partial charge on any atom is -0.462 e. The lowest BCUT2D eigenvalue weighted by Crippen LogP contribution is -2.45. The molecule has 1 rings (SSSR count). The van der Waals surface area contributed by atoms with Crippen LogP contribution in [0.4, 0.5) is 22.0 Å². The van der Waals surface area contributed by atoms with Crippen molar-refractivity contribution in [3.8, 4) is 0 Å². The van der Waals surface area contributed by atoms with Gasteiger partial charge in [-0.15, -0.1) is 0 Å². The van der Waals surface area contributed by atoms with Gasteiger partial charge in [-0.2, -0.15) is 22.0 Å². The molecule has 3 N–H and O–H groups in total. The maximum atomic E-state index is 12.8. The number of halogens is 5. The first kappa shape index (κ1) is 12.9. The van der Waals surface area contributed by atoms with Gasteiger partial charge in [0.05, 0.1) is 0 Å². The Bertz CT molecular complexity index is 360. The summed E-state index contributed by atoms with van der Waals surface area (Å²) in [4.78, 5) is 0. The van der Waals surface area contributed by atoms with Gasteiger partial charge in [0.25, 0.3) is 0 Å². The molecule has 0 unspecified atom stereocenters. The number of hydrogen-bond donors (Lipinski definition) is 2. The van der Waals surface area contributed by atoms with E-state index in [2.05, 4.69) is 4.42 Å². The molecule has 8 heteroatoms. The standard InChI is InChI=1S/C8H8F5NO2/c9-7(10,8(11,12)13)6(14)5-2-1-4(3-15)16-5/h1-2,6,15H,3,14H2/t6-/m0/s1. The summed E-state index contributed by atoms with van der Waals surface area (Å²) in [7, 11) is 0. The number of aliphatic hydroxyl groups is 1. The Balaban J connectivity index is 2.97. The summed E-state index contributed by atoms with van der Waals surface area (Å²) in [5, 5.41) is 8.55. The molecule has 0 aliphatic rings. The van der Waals surface area contributed by atoms with Crippen LogP contribution in [0, 0.1) is 0 Å². The van der Waals surface area contributed by atoms with Gasteiger partial charge in [0, 0.05) is 0 Å². The van der Waals surface area contributed by atoms with E-state index in [1.807, 2.05) is 0 Å². The van der Waals surface area contributed by atoms with E-state index in [9.17, 15) is 22.0 Å². The lowest BCUT2D eigenvalue weighted by atomic mass is 10.1. The highest BCUT2D eigenvalue weighted by atomic mass is 19.4. The summed E-state index contributed by atoms with van der Waals surface area (Å²) in [6.07, 6.45) is -5.75. The van der Waals surface area contributed by atoms with Crippen molar-refractivity contribution in [3.63, 3.8) is 0 Å². The predicted molar refractivity (Wildman–Crippen MR) is 42.6 cm³/mol. The molecule has 3 nitrogen and oxygen atoms in total. The minimum absolute atomic E-state index is 0.136. The zero-order chi connectivity index (χ0) is 12.6. The maximum absolute atomic E-state index is 12.8. The molecule has 0 bridgehead atoms. The van der Waals surface area contributed by atoms with Gasteiger partial charge in [0.2, 0.25) is 0 Å². The van der Waals surface area contributed by atoms with E-state index >= 15 is 0 Å². The van der Waals surface area contributed by atoms with Gasteiger partial charge in [0.1, 0.15) is 24.2 Å². The number of alkyl halides is 5. The third-order valence-electron chi connectivity index (χ3n) is 1.91. The molecular weight excluding hydrogens is 237 g/mol. The molecule has 16 heavy (non-hydrogen) atoms. The Labute approximate surface area is 86.6 Å². The largest absolute Gasteiger partial charge is 0.462 e. The van der Waals surface area contributed by atoms with Crippen molar-refractivity contribution >= 4 is 0 Å². The van der Waals surface area contributed by atoms with Crippen molar-refractivity contribution in [1.82, 2.24) is 0 Å². The van der Waals surface area contributed by atoms with Crippen LogP contribution in [0.3, 0.4) is 0 Å². The molecule has 0 saturated carbocycles. The van der Waals surface area contributed by atoms with Crippen LogP contribution >= 0.6 is 0 Å². The average Bonchev–Trinajstić information content (AvgIpc) is 2.62. The van der Waals surface area contributed by atoms with Gasteiger partial charge in [-0.25, -0.2) is 0 Å². The fraction of sp³-hybridized carbons (Fsp3) is 0.500. The van der Waals surface area contributed by atoms with E-state index in [0.717, 1.165) is 12.1 Å². The Morgan fingerprint density at radius 3 is 2.19 bits per heavy atom. The number of aliphatic hydroxyl groups excluding tert-OH is 1. The van der Waals surface area contributed by atoms with Gasteiger partial charge in [-0.3, -0.25) is 0 Å². The summed E-state index contributed by atoms with van der Waals surface area (Å²) >= 11 is 0. The van der Waals surface area contributed by atoms with Crippen LogP contribution in [-0.2, 0) is 6.61 Å². The van der Waals surface area contributed by atoms with Crippen LogP contribution in [0.1, 0.15) is 17.6 Å². The average molecular weight is 245 g/mol. The predicted octanol–water partition coefficient (Wildman–Crippen LogP) is 1.97. The van der Waals surface area contributed by atoms with Crippen molar-refractivity contribution in [1.29, 1.82) is 0 Å². The van der Waals surface area contributed by atoms with Gasteiger partial charge in [-0.1, -0.05) is 0 Å². The van der Waals surface area contributed by atoms with Crippen LogP contribution in [0.15, 0.2) is 16.5 Å². The monoisotopic (exact) mass is 245 g/mol. The summed E-state index contributed by atoms with van der Waals surface area (Å²) < 4.78 is 65.8. The smallest absolute Gasteiger partial charge is 0.455 e. The third kappa shape index (κ3) is 2.17. The zero-order valence-electron chi connectivity index (χ0n) is 7.76. The summed E-state index contributed by atoms with van der Waals surface area (Å²) in [6, 6.07) is -0.690. The normalized spacial score (nSPS) is 15.2. The second-order valence-electron chi connectivity index (χ2n) is 3.06. The lowest BCUT2D eigenvalue weighted by Gasteiger charge is -2.24. The van der Waals surface area contributed by atoms with E-state index in [0.29, 0.717) is 0 Å². The Kier molecular flexibility index (Phi) is 3.25. The van der Waals surface area contributed by atoms with Crippen LogP contribution < -0.4 is 5.73 Å². The summed E-state index contributed by atoms with van der Waals surface area (Å²) in [5.41, 5.74) is 4.78. The molecule has 1 aromatic heterocycles.